The van der Waals surface area contributed by atoms with Crippen molar-refractivity contribution in [3.8, 4) is 0 Å². The van der Waals surface area contributed by atoms with E-state index in [2.05, 4.69) is 5.32 Å². The van der Waals surface area contributed by atoms with Crippen molar-refractivity contribution in [1.29, 1.82) is 0 Å². The smallest absolute Gasteiger partial charge is 0.392 e. The van der Waals surface area contributed by atoms with Crippen LogP contribution in [0.3, 0.4) is 0 Å². The van der Waals surface area contributed by atoms with Gasteiger partial charge < -0.3 is 10.4 Å². The zero-order valence-electron chi connectivity index (χ0n) is 16.3. The Kier molecular flexibility index (Phi) is 7.69. The van der Waals surface area contributed by atoms with Crippen molar-refractivity contribution in [2.24, 2.45) is 23.7 Å². The van der Waals surface area contributed by atoms with Gasteiger partial charge in [-0.05, 0) is 42.5 Å². The number of carboxylic acid groups (broad SMARTS) is 1. The molecule has 164 valence electrons. The Bertz CT molecular complexity index is 866. The molecule has 0 bridgehead atoms. The highest BCUT2D eigenvalue weighted by atomic mass is 35.5. The molecule has 1 aliphatic carbocycles. The first-order valence-corrected chi connectivity index (χ1v) is 9.70. The number of carbonyl (C=O) groups is 2. The number of benzene rings is 1. The highest BCUT2D eigenvalue weighted by Gasteiger charge is 2.46. The van der Waals surface area contributed by atoms with Gasteiger partial charge in [-0.15, -0.1) is 0 Å². The molecule has 0 fully saturated rings. The Balaban J connectivity index is 2.28. The van der Waals surface area contributed by atoms with E-state index < -0.39 is 47.5 Å². The van der Waals surface area contributed by atoms with Crippen LogP contribution < -0.4 is 5.32 Å². The fraction of sp³-hybridized carbons (Fsp3) is 0.429. The monoisotopic (exact) mass is 447 g/mol. The maximum Gasteiger partial charge on any atom is 0.392 e. The molecule has 2 rings (SSSR count). The molecule has 0 aromatic heterocycles. The first-order chi connectivity index (χ1) is 13.9. The third-order valence-corrected chi connectivity index (χ3v) is 5.44. The molecule has 1 aliphatic rings. The molecule has 4 atom stereocenters. The summed E-state index contributed by atoms with van der Waals surface area (Å²) in [5.74, 6) is -7.82. The van der Waals surface area contributed by atoms with Gasteiger partial charge in [0, 0.05) is 5.03 Å². The van der Waals surface area contributed by atoms with Crippen molar-refractivity contribution < 1.29 is 32.3 Å². The molecule has 1 aromatic carbocycles. The summed E-state index contributed by atoms with van der Waals surface area (Å²) in [5, 5.41) is 11.7. The largest absolute Gasteiger partial charge is 0.481 e. The predicted molar refractivity (Wildman–Crippen MR) is 105 cm³/mol. The van der Waals surface area contributed by atoms with Gasteiger partial charge >= 0.3 is 12.1 Å². The average Bonchev–Trinajstić information content (AvgIpc) is 2.65. The summed E-state index contributed by atoms with van der Waals surface area (Å²) in [6.45, 7) is 2.39. The van der Waals surface area contributed by atoms with Crippen LogP contribution in [0.4, 0.5) is 23.2 Å². The summed E-state index contributed by atoms with van der Waals surface area (Å²) in [6.07, 6.45) is 0.0218. The number of nitrogens with one attached hydrogen (secondary N) is 1. The topological polar surface area (TPSA) is 66.4 Å². The number of rotatable bonds is 7. The van der Waals surface area contributed by atoms with Crippen LogP contribution in [0.15, 0.2) is 41.5 Å². The lowest BCUT2D eigenvalue weighted by atomic mass is 9.78. The number of allylic oxidation sites excluding steroid dienone is 4. The Labute approximate surface area is 176 Å². The lowest BCUT2D eigenvalue weighted by molar-refractivity contribution is -0.188. The van der Waals surface area contributed by atoms with Gasteiger partial charge in [0.25, 0.3) is 0 Å². The van der Waals surface area contributed by atoms with E-state index in [-0.39, 0.29) is 18.5 Å². The quantitative estimate of drug-likeness (QED) is 0.539. The summed E-state index contributed by atoms with van der Waals surface area (Å²) in [4.78, 5) is 23.8. The Morgan fingerprint density at radius 2 is 1.97 bits per heavy atom. The number of carbonyl (C=O) groups excluding carboxylic acids is 1. The fourth-order valence-corrected chi connectivity index (χ4v) is 3.49. The van der Waals surface area contributed by atoms with E-state index in [1.165, 1.54) is 37.3 Å². The number of amides is 1. The number of alkyl halides is 3. The molecule has 1 aromatic rings. The number of hydrogen-bond acceptors (Lipinski definition) is 2. The van der Waals surface area contributed by atoms with E-state index in [1.807, 2.05) is 0 Å². The lowest BCUT2D eigenvalue weighted by Gasteiger charge is -2.31. The highest BCUT2D eigenvalue weighted by molar-refractivity contribution is 6.31. The van der Waals surface area contributed by atoms with Crippen molar-refractivity contribution in [2.75, 3.05) is 5.32 Å². The first-order valence-electron chi connectivity index (χ1n) is 9.32. The molecule has 1 amide bonds. The maximum absolute atomic E-state index is 14.2. The minimum absolute atomic E-state index is 0.0789. The molecule has 9 heteroatoms. The summed E-state index contributed by atoms with van der Waals surface area (Å²) in [7, 11) is 0. The van der Waals surface area contributed by atoms with Crippen LogP contribution in [0.25, 0.3) is 0 Å². The maximum atomic E-state index is 14.2. The molecular weight excluding hydrogens is 426 g/mol. The minimum atomic E-state index is -4.63. The van der Waals surface area contributed by atoms with E-state index in [9.17, 15) is 27.2 Å². The molecule has 1 unspecified atom stereocenters. The van der Waals surface area contributed by atoms with Crippen molar-refractivity contribution in [2.45, 2.75) is 32.9 Å². The number of hydrogen-bond donors (Lipinski definition) is 2. The minimum Gasteiger partial charge on any atom is -0.481 e. The van der Waals surface area contributed by atoms with E-state index in [0.29, 0.717) is 10.6 Å². The zero-order chi connectivity index (χ0) is 22.6. The summed E-state index contributed by atoms with van der Waals surface area (Å²) in [5.41, 5.74) is 0.150. The van der Waals surface area contributed by atoms with Gasteiger partial charge in [-0.3, -0.25) is 9.59 Å². The van der Waals surface area contributed by atoms with Crippen LogP contribution >= 0.6 is 11.6 Å². The van der Waals surface area contributed by atoms with E-state index in [0.717, 1.165) is 13.0 Å². The van der Waals surface area contributed by atoms with Gasteiger partial charge in [0.05, 0.1) is 23.4 Å². The molecule has 0 spiro atoms. The van der Waals surface area contributed by atoms with E-state index >= 15 is 0 Å². The predicted octanol–water partition coefficient (Wildman–Crippen LogP) is 5.54. The SMILES string of the molecule is C[C@H]([C@H](C(=O)Nc1cc(C[C@H](C)C(=O)O)ccc1F)C1C=CC(Cl)=CC1)C(F)(F)F. The van der Waals surface area contributed by atoms with Gasteiger partial charge in [-0.25, -0.2) is 4.39 Å². The van der Waals surface area contributed by atoms with E-state index in [1.54, 1.807) is 0 Å². The van der Waals surface area contributed by atoms with Crippen LogP contribution in [0.5, 0.6) is 0 Å². The Morgan fingerprint density at radius 1 is 1.30 bits per heavy atom. The summed E-state index contributed by atoms with van der Waals surface area (Å²) < 4.78 is 54.5. The molecule has 0 saturated carbocycles. The molecule has 0 heterocycles. The number of anilines is 1. The van der Waals surface area contributed by atoms with Crippen molar-refractivity contribution in [1.82, 2.24) is 0 Å². The Morgan fingerprint density at radius 3 is 2.50 bits per heavy atom. The van der Waals surface area contributed by atoms with Crippen LogP contribution in [-0.2, 0) is 16.0 Å². The van der Waals surface area contributed by atoms with Crippen molar-refractivity contribution >= 4 is 29.2 Å². The van der Waals surface area contributed by atoms with Crippen LogP contribution in [0, 0.1) is 29.5 Å². The zero-order valence-corrected chi connectivity index (χ0v) is 17.1. The molecule has 0 radical (unpaired) electrons. The van der Waals surface area contributed by atoms with Gasteiger partial charge in [0.15, 0.2) is 0 Å². The van der Waals surface area contributed by atoms with Crippen molar-refractivity contribution in [3.63, 3.8) is 0 Å². The van der Waals surface area contributed by atoms with Gasteiger partial charge in [-0.1, -0.05) is 43.7 Å². The second-order valence-corrected chi connectivity index (χ2v) is 7.89. The number of aliphatic carboxylic acids is 1. The standard InChI is InChI=1S/C21H22ClF4NO3/c1-11(20(29)30)9-13-3-8-16(23)17(10-13)27-19(28)18(12(2)21(24,25)26)14-4-6-15(22)7-5-14/h3-4,6-8,10-12,14,18H,5,9H2,1-2H3,(H,27,28)(H,29,30)/t11-,12+,14?,18-/m0/s1. The molecule has 0 aliphatic heterocycles. The lowest BCUT2D eigenvalue weighted by Crippen LogP contribution is -2.40. The number of carboxylic acids is 1. The van der Waals surface area contributed by atoms with Crippen LogP contribution in [-0.4, -0.2) is 23.2 Å². The molecular formula is C21H22ClF4NO3. The molecule has 4 nitrogen and oxygen atoms in total. The first kappa shape index (κ1) is 23.9. The molecule has 0 saturated heterocycles. The van der Waals surface area contributed by atoms with Gasteiger partial charge in [-0.2, -0.15) is 13.2 Å². The van der Waals surface area contributed by atoms with Crippen LogP contribution in [0.2, 0.25) is 0 Å². The van der Waals surface area contributed by atoms with Crippen molar-refractivity contribution in [3.05, 3.63) is 52.8 Å². The van der Waals surface area contributed by atoms with E-state index in [4.69, 9.17) is 16.7 Å². The fourth-order valence-electron chi connectivity index (χ4n) is 3.33. The molecule has 2 N–H and O–H groups in total. The van der Waals surface area contributed by atoms with Crippen LogP contribution in [0.1, 0.15) is 25.8 Å². The Hall–Kier alpha value is -2.35. The number of halogens is 5. The second-order valence-electron chi connectivity index (χ2n) is 7.45. The second kappa shape index (κ2) is 9.64. The normalized spacial score (nSPS) is 19.6. The average molecular weight is 448 g/mol. The summed E-state index contributed by atoms with van der Waals surface area (Å²) in [6, 6.07) is 3.66. The third kappa shape index (κ3) is 6.08. The summed E-state index contributed by atoms with van der Waals surface area (Å²) >= 11 is 5.83. The van der Waals surface area contributed by atoms with Gasteiger partial charge in [0.1, 0.15) is 5.82 Å². The third-order valence-electron chi connectivity index (χ3n) is 5.16. The van der Waals surface area contributed by atoms with Gasteiger partial charge in [0.2, 0.25) is 5.91 Å². The highest BCUT2D eigenvalue weighted by Crippen LogP contribution is 2.39. The molecule has 30 heavy (non-hydrogen) atoms.